The molecule has 0 saturated heterocycles. The van der Waals surface area contributed by atoms with Crippen molar-refractivity contribution >= 4 is 0 Å². The van der Waals surface area contributed by atoms with Crippen LogP contribution in [0.25, 0.3) is 0 Å². The van der Waals surface area contributed by atoms with Gasteiger partial charge in [0.25, 0.3) is 0 Å². The Hall–Kier alpha value is -1.09. The molecule has 1 unspecified atom stereocenters. The van der Waals surface area contributed by atoms with Gasteiger partial charge in [0.05, 0.1) is 6.33 Å². The molecule has 1 aliphatic carbocycles. The van der Waals surface area contributed by atoms with Crippen LogP contribution in [-0.4, -0.2) is 22.1 Å². The molecule has 0 amide bonds. The summed E-state index contributed by atoms with van der Waals surface area (Å²) in [6.45, 7) is 5.84. The molecule has 1 fully saturated rings. The molecule has 1 saturated carbocycles. The van der Waals surface area contributed by atoms with Gasteiger partial charge in [0, 0.05) is 31.5 Å². The molecule has 0 bridgehead atoms. The van der Waals surface area contributed by atoms with Gasteiger partial charge in [-0.05, 0) is 31.6 Å². The summed E-state index contributed by atoms with van der Waals surface area (Å²) in [5.41, 5.74) is 0. The fourth-order valence-electron chi connectivity index (χ4n) is 2.10. The zero-order chi connectivity index (χ0) is 11.2. The number of rotatable bonds is 8. The van der Waals surface area contributed by atoms with Gasteiger partial charge in [-0.25, -0.2) is 4.98 Å². The van der Waals surface area contributed by atoms with E-state index in [0.717, 1.165) is 25.4 Å². The monoisotopic (exact) mass is 219 g/mol. The van der Waals surface area contributed by atoms with Crippen LogP contribution < -0.4 is 5.32 Å². The molecule has 2 rings (SSSR count). The largest absolute Gasteiger partial charge is 0.336 e. The van der Waals surface area contributed by atoms with Crippen molar-refractivity contribution in [3.05, 3.63) is 31.4 Å². The molecule has 1 aromatic heterocycles. The first-order chi connectivity index (χ1) is 7.90. The second-order valence-electron chi connectivity index (χ2n) is 4.56. The van der Waals surface area contributed by atoms with Gasteiger partial charge in [-0.1, -0.05) is 6.08 Å². The third-order valence-corrected chi connectivity index (χ3v) is 3.21. The highest BCUT2D eigenvalue weighted by molar-refractivity contribution is 4.88. The summed E-state index contributed by atoms with van der Waals surface area (Å²) >= 11 is 0. The predicted molar refractivity (Wildman–Crippen MR) is 66.2 cm³/mol. The highest BCUT2D eigenvalue weighted by Crippen LogP contribution is 2.34. The normalized spacial score (nSPS) is 17.2. The Morgan fingerprint density at radius 2 is 2.44 bits per heavy atom. The summed E-state index contributed by atoms with van der Waals surface area (Å²) in [7, 11) is 0. The Labute approximate surface area is 97.6 Å². The van der Waals surface area contributed by atoms with Crippen molar-refractivity contribution in [2.24, 2.45) is 5.92 Å². The first kappa shape index (κ1) is 11.4. The van der Waals surface area contributed by atoms with E-state index in [9.17, 15) is 0 Å². The highest BCUT2D eigenvalue weighted by Gasteiger charge is 2.29. The fourth-order valence-corrected chi connectivity index (χ4v) is 2.10. The average molecular weight is 219 g/mol. The van der Waals surface area contributed by atoms with Gasteiger partial charge >= 0.3 is 0 Å². The number of aromatic nitrogens is 2. The van der Waals surface area contributed by atoms with E-state index in [0.29, 0.717) is 6.04 Å². The maximum atomic E-state index is 4.04. The van der Waals surface area contributed by atoms with E-state index >= 15 is 0 Å². The maximum absolute atomic E-state index is 4.04. The minimum Gasteiger partial charge on any atom is -0.336 e. The minimum atomic E-state index is 0.696. The van der Waals surface area contributed by atoms with Crippen LogP contribution in [-0.2, 0) is 6.54 Å². The first-order valence-electron chi connectivity index (χ1n) is 6.20. The zero-order valence-corrected chi connectivity index (χ0v) is 9.81. The van der Waals surface area contributed by atoms with Crippen LogP contribution in [0.2, 0.25) is 0 Å². The van der Waals surface area contributed by atoms with E-state index in [1.54, 1.807) is 0 Å². The molecule has 88 valence electrons. The lowest BCUT2D eigenvalue weighted by Gasteiger charge is -2.17. The predicted octanol–water partition coefficient (Wildman–Crippen LogP) is 2.22. The Morgan fingerprint density at radius 3 is 3.06 bits per heavy atom. The van der Waals surface area contributed by atoms with Crippen molar-refractivity contribution in [3.8, 4) is 0 Å². The molecule has 0 aliphatic heterocycles. The Morgan fingerprint density at radius 1 is 1.56 bits per heavy atom. The lowest BCUT2D eigenvalue weighted by molar-refractivity contribution is 0.425. The second kappa shape index (κ2) is 5.85. The second-order valence-corrected chi connectivity index (χ2v) is 4.56. The van der Waals surface area contributed by atoms with Crippen molar-refractivity contribution in [3.63, 3.8) is 0 Å². The van der Waals surface area contributed by atoms with E-state index in [1.165, 1.54) is 19.3 Å². The number of imidazole rings is 1. The lowest BCUT2D eigenvalue weighted by Crippen LogP contribution is -2.33. The molecule has 0 spiro atoms. The molecule has 16 heavy (non-hydrogen) atoms. The molecule has 3 nitrogen and oxygen atoms in total. The Bertz CT molecular complexity index is 301. The third-order valence-electron chi connectivity index (χ3n) is 3.21. The molecule has 1 aliphatic rings. The van der Waals surface area contributed by atoms with Gasteiger partial charge in [-0.3, -0.25) is 0 Å². The van der Waals surface area contributed by atoms with Crippen LogP contribution in [0.15, 0.2) is 31.4 Å². The number of nitrogens with zero attached hydrogens (tertiary/aromatic N) is 2. The number of hydrogen-bond acceptors (Lipinski definition) is 2. The van der Waals surface area contributed by atoms with Gasteiger partial charge in [0.1, 0.15) is 0 Å². The van der Waals surface area contributed by atoms with E-state index in [4.69, 9.17) is 0 Å². The molecule has 1 atom stereocenters. The van der Waals surface area contributed by atoms with Crippen LogP contribution in [0, 0.1) is 5.92 Å². The molecule has 1 N–H and O–H groups in total. The summed E-state index contributed by atoms with van der Waals surface area (Å²) in [5.74, 6) is 0.919. The summed E-state index contributed by atoms with van der Waals surface area (Å²) in [6, 6.07) is 0.696. The highest BCUT2D eigenvalue weighted by atomic mass is 15.1. The van der Waals surface area contributed by atoms with Crippen molar-refractivity contribution in [2.75, 3.05) is 6.54 Å². The van der Waals surface area contributed by atoms with Crippen LogP contribution in [0.5, 0.6) is 0 Å². The van der Waals surface area contributed by atoms with E-state index < -0.39 is 0 Å². The summed E-state index contributed by atoms with van der Waals surface area (Å²) in [4.78, 5) is 4.04. The molecular formula is C13H21N3. The van der Waals surface area contributed by atoms with E-state index in [-0.39, 0.29) is 0 Å². The fraction of sp³-hybridized carbons (Fsp3) is 0.615. The average Bonchev–Trinajstić information content (AvgIpc) is 3.01. The summed E-state index contributed by atoms with van der Waals surface area (Å²) < 4.78 is 2.12. The van der Waals surface area contributed by atoms with E-state index in [1.807, 2.05) is 24.8 Å². The van der Waals surface area contributed by atoms with Crippen molar-refractivity contribution in [1.29, 1.82) is 0 Å². The van der Waals surface area contributed by atoms with Crippen molar-refractivity contribution in [1.82, 2.24) is 14.9 Å². The number of hydrogen-bond donors (Lipinski definition) is 1. The van der Waals surface area contributed by atoms with E-state index in [2.05, 4.69) is 21.4 Å². The third kappa shape index (κ3) is 3.49. The van der Waals surface area contributed by atoms with Crippen LogP contribution in [0.4, 0.5) is 0 Å². The minimum absolute atomic E-state index is 0.696. The zero-order valence-electron chi connectivity index (χ0n) is 9.81. The molecular weight excluding hydrogens is 198 g/mol. The quantitative estimate of drug-likeness (QED) is 0.679. The van der Waals surface area contributed by atoms with Crippen molar-refractivity contribution < 1.29 is 0 Å². The SMILES string of the molecule is C=CCCC(NCCn1ccnc1)C1CC1. The molecule has 1 aromatic rings. The molecule has 3 heteroatoms. The Balaban J connectivity index is 1.67. The topological polar surface area (TPSA) is 29.9 Å². The molecule has 0 aromatic carbocycles. The number of nitrogens with one attached hydrogen (secondary N) is 1. The van der Waals surface area contributed by atoms with Crippen LogP contribution in [0.3, 0.4) is 0 Å². The first-order valence-corrected chi connectivity index (χ1v) is 6.20. The summed E-state index contributed by atoms with van der Waals surface area (Å²) in [6.07, 6.45) is 12.9. The summed E-state index contributed by atoms with van der Waals surface area (Å²) in [5, 5.41) is 3.66. The molecule has 1 heterocycles. The smallest absolute Gasteiger partial charge is 0.0946 e. The van der Waals surface area contributed by atoms with Gasteiger partial charge in [0.15, 0.2) is 0 Å². The standard InChI is InChI=1S/C13H21N3/c1-2-3-4-13(12-5-6-12)15-8-10-16-9-7-14-11-16/h2,7,9,11-13,15H,1,3-6,8,10H2. The van der Waals surface area contributed by atoms with Gasteiger partial charge < -0.3 is 9.88 Å². The lowest BCUT2D eigenvalue weighted by atomic mass is 10.1. The van der Waals surface area contributed by atoms with Crippen LogP contribution in [0.1, 0.15) is 25.7 Å². The van der Waals surface area contributed by atoms with Gasteiger partial charge in [0.2, 0.25) is 0 Å². The van der Waals surface area contributed by atoms with Gasteiger partial charge in [-0.15, -0.1) is 6.58 Å². The Kier molecular flexibility index (Phi) is 4.17. The maximum Gasteiger partial charge on any atom is 0.0946 e. The molecule has 0 radical (unpaired) electrons. The van der Waals surface area contributed by atoms with Gasteiger partial charge in [-0.2, -0.15) is 0 Å². The van der Waals surface area contributed by atoms with Crippen molar-refractivity contribution in [2.45, 2.75) is 38.3 Å². The number of allylic oxidation sites excluding steroid dienone is 1. The van der Waals surface area contributed by atoms with Crippen LogP contribution >= 0.6 is 0 Å².